The Morgan fingerprint density at radius 2 is 2.29 bits per heavy atom. The van der Waals surface area contributed by atoms with Crippen LogP contribution in [0.2, 0.25) is 5.02 Å². The van der Waals surface area contributed by atoms with Crippen LogP contribution in [0.3, 0.4) is 0 Å². The van der Waals surface area contributed by atoms with Crippen molar-refractivity contribution in [1.29, 1.82) is 0 Å². The predicted octanol–water partition coefficient (Wildman–Crippen LogP) is 1.84. The quantitative estimate of drug-likeness (QED) is 0.778. The Labute approximate surface area is 85.7 Å². The molecule has 1 aliphatic carbocycles. The normalized spacial score (nSPS) is 16.4. The van der Waals surface area contributed by atoms with Crippen molar-refractivity contribution in [3.63, 3.8) is 0 Å². The van der Waals surface area contributed by atoms with Crippen LogP contribution in [0.25, 0.3) is 5.65 Å². The van der Waals surface area contributed by atoms with E-state index in [0.29, 0.717) is 22.3 Å². The number of anilines is 1. The fourth-order valence-electron chi connectivity index (χ4n) is 1.51. The summed E-state index contributed by atoms with van der Waals surface area (Å²) in [7, 11) is 0. The van der Waals surface area contributed by atoms with Crippen molar-refractivity contribution < 1.29 is 0 Å². The molecule has 14 heavy (non-hydrogen) atoms. The number of rotatable bonds is 1. The minimum absolute atomic E-state index is 0.535. The molecule has 1 aliphatic rings. The molecular formula is C9H9ClN4. The van der Waals surface area contributed by atoms with Crippen LogP contribution in [0.15, 0.2) is 12.3 Å². The molecule has 0 unspecified atom stereocenters. The van der Waals surface area contributed by atoms with Gasteiger partial charge in [0.1, 0.15) is 0 Å². The van der Waals surface area contributed by atoms with Crippen molar-refractivity contribution >= 4 is 22.9 Å². The van der Waals surface area contributed by atoms with Crippen LogP contribution >= 0.6 is 11.6 Å². The minimum Gasteiger partial charge on any atom is -0.396 e. The third-order valence-electron chi connectivity index (χ3n) is 2.39. The lowest BCUT2D eigenvalue weighted by atomic mass is 10.4. The molecule has 2 N–H and O–H groups in total. The number of halogens is 1. The van der Waals surface area contributed by atoms with Crippen molar-refractivity contribution in [2.45, 2.75) is 18.8 Å². The van der Waals surface area contributed by atoms with E-state index in [0.717, 1.165) is 5.82 Å². The van der Waals surface area contributed by atoms with E-state index in [2.05, 4.69) is 10.1 Å². The second kappa shape index (κ2) is 2.60. The van der Waals surface area contributed by atoms with Crippen LogP contribution < -0.4 is 5.73 Å². The Morgan fingerprint density at radius 3 is 3.00 bits per heavy atom. The fourth-order valence-corrected chi connectivity index (χ4v) is 1.72. The summed E-state index contributed by atoms with van der Waals surface area (Å²) in [5.41, 5.74) is 7.07. The van der Waals surface area contributed by atoms with Gasteiger partial charge in [-0.2, -0.15) is 5.10 Å². The van der Waals surface area contributed by atoms with E-state index in [-0.39, 0.29) is 0 Å². The van der Waals surface area contributed by atoms with Crippen LogP contribution in [-0.2, 0) is 0 Å². The van der Waals surface area contributed by atoms with Crippen LogP contribution in [0.4, 0.5) is 5.69 Å². The highest BCUT2D eigenvalue weighted by molar-refractivity contribution is 6.30. The van der Waals surface area contributed by atoms with Gasteiger partial charge in [-0.05, 0) is 18.9 Å². The third kappa shape index (κ3) is 1.14. The summed E-state index contributed by atoms with van der Waals surface area (Å²) in [5, 5.41) is 4.92. The average Bonchev–Trinajstić information content (AvgIpc) is 2.87. The minimum atomic E-state index is 0.535. The molecule has 5 heteroatoms. The number of pyridine rings is 1. The summed E-state index contributed by atoms with van der Waals surface area (Å²) in [5.74, 6) is 1.42. The van der Waals surface area contributed by atoms with Crippen LogP contribution in [-0.4, -0.2) is 14.6 Å². The maximum absolute atomic E-state index is 5.86. The Balaban J connectivity index is 2.26. The molecule has 0 bridgehead atoms. The van der Waals surface area contributed by atoms with Gasteiger partial charge in [0.15, 0.2) is 11.5 Å². The smallest absolute Gasteiger partial charge is 0.178 e. The molecule has 0 atom stereocenters. The van der Waals surface area contributed by atoms with Crippen LogP contribution in [0.1, 0.15) is 24.6 Å². The summed E-state index contributed by atoms with van der Waals surface area (Å²) >= 11 is 5.86. The highest BCUT2D eigenvalue weighted by Crippen LogP contribution is 2.38. The van der Waals surface area contributed by atoms with Gasteiger partial charge < -0.3 is 5.73 Å². The van der Waals surface area contributed by atoms with E-state index in [9.17, 15) is 0 Å². The van der Waals surface area contributed by atoms with Crippen molar-refractivity contribution in [2.75, 3.05) is 5.73 Å². The summed E-state index contributed by atoms with van der Waals surface area (Å²) in [6.45, 7) is 0. The molecule has 2 aromatic rings. The van der Waals surface area contributed by atoms with Gasteiger partial charge in [0.2, 0.25) is 0 Å². The molecule has 0 saturated heterocycles. The van der Waals surface area contributed by atoms with Gasteiger partial charge in [-0.1, -0.05) is 11.6 Å². The van der Waals surface area contributed by atoms with Gasteiger partial charge in [0.25, 0.3) is 0 Å². The van der Waals surface area contributed by atoms with Gasteiger partial charge in [-0.3, -0.25) is 0 Å². The van der Waals surface area contributed by atoms with Gasteiger partial charge in [0.05, 0.1) is 10.7 Å². The number of aromatic nitrogens is 3. The van der Waals surface area contributed by atoms with Crippen LogP contribution in [0, 0.1) is 0 Å². The molecule has 1 fully saturated rings. The SMILES string of the molecule is Nc1cc(Cl)cn2nc(C3CC3)nc12. The van der Waals surface area contributed by atoms with Gasteiger partial charge in [0, 0.05) is 12.1 Å². The predicted molar refractivity (Wildman–Crippen MR) is 54.4 cm³/mol. The zero-order valence-corrected chi connectivity index (χ0v) is 8.20. The molecule has 3 rings (SSSR count). The first kappa shape index (κ1) is 8.05. The van der Waals surface area contributed by atoms with Gasteiger partial charge in [-0.15, -0.1) is 0 Å². The molecule has 2 heterocycles. The lowest BCUT2D eigenvalue weighted by Crippen LogP contribution is -1.93. The lowest BCUT2D eigenvalue weighted by molar-refractivity contribution is 0.878. The average molecular weight is 209 g/mol. The third-order valence-corrected chi connectivity index (χ3v) is 2.59. The van der Waals surface area contributed by atoms with Crippen LogP contribution in [0.5, 0.6) is 0 Å². The van der Waals surface area contributed by atoms with Gasteiger partial charge in [-0.25, -0.2) is 9.50 Å². The summed E-state index contributed by atoms with van der Waals surface area (Å²) < 4.78 is 1.66. The van der Waals surface area contributed by atoms with E-state index >= 15 is 0 Å². The maximum atomic E-state index is 5.86. The number of hydrogen-bond acceptors (Lipinski definition) is 3. The van der Waals surface area contributed by atoms with Crippen molar-refractivity contribution in [1.82, 2.24) is 14.6 Å². The summed E-state index contributed by atoms with van der Waals surface area (Å²) in [6, 6.07) is 1.70. The van der Waals surface area contributed by atoms with Crippen molar-refractivity contribution in [3.8, 4) is 0 Å². The molecule has 0 aliphatic heterocycles. The van der Waals surface area contributed by atoms with E-state index < -0.39 is 0 Å². The van der Waals surface area contributed by atoms with Crippen molar-refractivity contribution in [3.05, 3.63) is 23.1 Å². The lowest BCUT2D eigenvalue weighted by Gasteiger charge is -1.95. The Morgan fingerprint density at radius 1 is 1.50 bits per heavy atom. The standard InChI is InChI=1S/C9H9ClN4/c10-6-3-7(11)9-12-8(5-1-2-5)13-14(9)4-6/h3-5H,1-2,11H2. The number of hydrogen-bond donors (Lipinski definition) is 1. The first-order valence-corrected chi connectivity index (χ1v) is 4.93. The summed E-state index contributed by atoms with van der Waals surface area (Å²) in [4.78, 5) is 4.38. The second-order valence-electron chi connectivity index (χ2n) is 3.63. The molecule has 0 radical (unpaired) electrons. The number of nitrogen functional groups attached to an aromatic ring is 1. The first-order chi connectivity index (χ1) is 6.74. The summed E-state index contributed by atoms with van der Waals surface area (Å²) in [6.07, 6.45) is 4.10. The monoisotopic (exact) mass is 208 g/mol. The topological polar surface area (TPSA) is 56.2 Å². The molecule has 72 valence electrons. The van der Waals surface area contributed by atoms with E-state index in [1.54, 1.807) is 16.8 Å². The number of nitrogens with zero attached hydrogens (tertiary/aromatic N) is 3. The molecule has 0 spiro atoms. The highest BCUT2D eigenvalue weighted by Gasteiger charge is 2.28. The van der Waals surface area contributed by atoms with Gasteiger partial charge >= 0.3 is 0 Å². The highest BCUT2D eigenvalue weighted by atomic mass is 35.5. The number of fused-ring (bicyclic) bond motifs is 1. The maximum Gasteiger partial charge on any atom is 0.178 e. The second-order valence-corrected chi connectivity index (χ2v) is 4.06. The first-order valence-electron chi connectivity index (χ1n) is 4.55. The van der Waals surface area contributed by atoms with E-state index in [1.807, 2.05) is 0 Å². The molecule has 4 nitrogen and oxygen atoms in total. The Hall–Kier alpha value is -1.29. The zero-order valence-electron chi connectivity index (χ0n) is 7.44. The molecule has 2 aromatic heterocycles. The Bertz CT molecular complexity index is 501. The van der Waals surface area contributed by atoms with E-state index in [1.165, 1.54) is 12.8 Å². The fraction of sp³-hybridized carbons (Fsp3) is 0.333. The molecule has 1 saturated carbocycles. The van der Waals surface area contributed by atoms with E-state index in [4.69, 9.17) is 17.3 Å². The Kier molecular flexibility index (Phi) is 1.50. The molecule has 0 aromatic carbocycles. The van der Waals surface area contributed by atoms with Crippen molar-refractivity contribution in [2.24, 2.45) is 0 Å². The molecule has 0 amide bonds. The largest absolute Gasteiger partial charge is 0.396 e. The molecular weight excluding hydrogens is 200 g/mol. The zero-order chi connectivity index (χ0) is 9.71. The number of nitrogens with two attached hydrogens (primary N) is 1.